The molecule has 2 N–H and O–H groups in total. The molecule has 0 radical (unpaired) electrons. The number of benzene rings is 1. The van der Waals surface area contributed by atoms with E-state index in [9.17, 15) is 9.59 Å². The molecular formula is C14H19N3O3. The molecule has 2 rings (SSSR count). The van der Waals surface area contributed by atoms with Gasteiger partial charge in [0, 0.05) is 19.6 Å². The molecule has 0 saturated carbocycles. The number of morpholine rings is 1. The summed E-state index contributed by atoms with van der Waals surface area (Å²) in [5, 5.41) is 5.14. The van der Waals surface area contributed by atoms with Crippen LogP contribution in [0.5, 0.6) is 0 Å². The van der Waals surface area contributed by atoms with E-state index in [0.29, 0.717) is 25.4 Å². The Morgan fingerprint density at radius 2 is 1.90 bits per heavy atom. The van der Waals surface area contributed by atoms with E-state index in [1.165, 1.54) is 0 Å². The fraction of sp³-hybridized carbons (Fsp3) is 0.429. The highest BCUT2D eigenvalue weighted by Gasteiger charge is 2.18. The van der Waals surface area contributed by atoms with Gasteiger partial charge in [0.15, 0.2) is 0 Å². The highest BCUT2D eigenvalue weighted by atomic mass is 16.5. The Morgan fingerprint density at radius 1 is 1.20 bits per heavy atom. The Balaban J connectivity index is 2.11. The SMILES string of the molecule is CCNC(=O)C(=O)Nc1ccccc1N1CCOCC1. The standard InChI is InChI=1S/C14H19N3O3/c1-2-15-13(18)14(19)16-11-5-3-4-6-12(11)17-7-9-20-10-8-17/h3-6H,2,7-10H2,1H3,(H,15,18)(H,16,19). The molecule has 0 spiro atoms. The monoisotopic (exact) mass is 277 g/mol. The van der Waals surface area contributed by atoms with Gasteiger partial charge < -0.3 is 20.3 Å². The number of carbonyl (C=O) groups is 2. The van der Waals surface area contributed by atoms with E-state index in [0.717, 1.165) is 18.8 Å². The second-order valence-corrected chi connectivity index (χ2v) is 4.43. The highest BCUT2D eigenvalue weighted by molar-refractivity contribution is 6.39. The van der Waals surface area contributed by atoms with Crippen LogP contribution in [-0.4, -0.2) is 44.7 Å². The van der Waals surface area contributed by atoms with Gasteiger partial charge in [0.05, 0.1) is 24.6 Å². The van der Waals surface area contributed by atoms with Crippen LogP contribution < -0.4 is 15.5 Å². The number of anilines is 2. The summed E-state index contributed by atoms with van der Waals surface area (Å²) in [5.41, 5.74) is 1.55. The Bertz CT molecular complexity index is 484. The van der Waals surface area contributed by atoms with Crippen molar-refractivity contribution in [2.24, 2.45) is 0 Å². The van der Waals surface area contributed by atoms with Crippen molar-refractivity contribution >= 4 is 23.2 Å². The van der Waals surface area contributed by atoms with Crippen molar-refractivity contribution < 1.29 is 14.3 Å². The summed E-state index contributed by atoms with van der Waals surface area (Å²) >= 11 is 0. The van der Waals surface area contributed by atoms with E-state index in [1.807, 2.05) is 18.2 Å². The molecule has 2 amide bonds. The molecule has 20 heavy (non-hydrogen) atoms. The Labute approximate surface area is 118 Å². The van der Waals surface area contributed by atoms with Crippen molar-refractivity contribution in [2.45, 2.75) is 6.92 Å². The summed E-state index contributed by atoms with van der Waals surface area (Å²) < 4.78 is 5.32. The number of ether oxygens (including phenoxy) is 1. The zero-order valence-corrected chi connectivity index (χ0v) is 11.5. The lowest BCUT2D eigenvalue weighted by Gasteiger charge is -2.30. The lowest BCUT2D eigenvalue weighted by molar-refractivity contribution is -0.136. The third-order valence-corrected chi connectivity index (χ3v) is 3.05. The number of carbonyl (C=O) groups excluding carboxylic acids is 2. The van der Waals surface area contributed by atoms with Crippen molar-refractivity contribution in [3.05, 3.63) is 24.3 Å². The minimum atomic E-state index is -0.646. The molecule has 1 aliphatic heterocycles. The topological polar surface area (TPSA) is 70.7 Å². The van der Waals surface area contributed by atoms with Crippen molar-refractivity contribution in [3.63, 3.8) is 0 Å². The molecule has 0 aromatic heterocycles. The first kappa shape index (κ1) is 14.3. The van der Waals surface area contributed by atoms with E-state index >= 15 is 0 Å². The van der Waals surface area contributed by atoms with Crippen molar-refractivity contribution in [2.75, 3.05) is 43.1 Å². The minimum Gasteiger partial charge on any atom is -0.378 e. The van der Waals surface area contributed by atoms with Crippen LogP contribution >= 0.6 is 0 Å². The Kier molecular flexibility index (Phi) is 4.95. The largest absolute Gasteiger partial charge is 0.378 e. The maximum absolute atomic E-state index is 11.8. The summed E-state index contributed by atoms with van der Waals surface area (Å²) in [6.07, 6.45) is 0. The summed E-state index contributed by atoms with van der Waals surface area (Å²) in [7, 11) is 0. The number of likely N-dealkylation sites (N-methyl/N-ethyl adjacent to an activating group) is 1. The van der Waals surface area contributed by atoms with Gasteiger partial charge in [0.1, 0.15) is 0 Å². The lowest BCUT2D eigenvalue weighted by Crippen LogP contribution is -2.38. The summed E-state index contributed by atoms with van der Waals surface area (Å²) in [6.45, 7) is 5.07. The van der Waals surface area contributed by atoms with E-state index in [1.54, 1.807) is 13.0 Å². The van der Waals surface area contributed by atoms with Crippen LogP contribution in [-0.2, 0) is 14.3 Å². The summed E-state index contributed by atoms with van der Waals surface area (Å²) in [4.78, 5) is 25.4. The highest BCUT2D eigenvalue weighted by Crippen LogP contribution is 2.26. The maximum atomic E-state index is 11.8. The number of amides is 2. The Hall–Kier alpha value is -2.08. The lowest BCUT2D eigenvalue weighted by atomic mass is 10.2. The third-order valence-electron chi connectivity index (χ3n) is 3.05. The number of nitrogens with zero attached hydrogens (tertiary/aromatic N) is 1. The predicted octanol–water partition coefficient (Wildman–Crippen LogP) is 0.598. The van der Waals surface area contributed by atoms with Crippen LogP contribution in [0.25, 0.3) is 0 Å². The number of nitrogens with one attached hydrogen (secondary N) is 2. The average molecular weight is 277 g/mol. The fourth-order valence-electron chi connectivity index (χ4n) is 2.08. The van der Waals surface area contributed by atoms with Crippen LogP contribution in [0.3, 0.4) is 0 Å². The van der Waals surface area contributed by atoms with Gasteiger partial charge in [-0.05, 0) is 19.1 Å². The van der Waals surface area contributed by atoms with Gasteiger partial charge in [-0.25, -0.2) is 0 Å². The fourth-order valence-corrected chi connectivity index (χ4v) is 2.08. The molecule has 0 unspecified atom stereocenters. The molecule has 1 aromatic carbocycles. The van der Waals surface area contributed by atoms with Gasteiger partial charge >= 0.3 is 11.8 Å². The van der Waals surface area contributed by atoms with E-state index in [4.69, 9.17) is 4.74 Å². The quantitative estimate of drug-likeness (QED) is 0.794. The van der Waals surface area contributed by atoms with Gasteiger partial charge in [-0.2, -0.15) is 0 Å². The summed E-state index contributed by atoms with van der Waals surface area (Å²) in [5.74, 6) is -1.27. The average Bonchev–Trinajstić information content (AvgIpc) is 2.49. The molecule has 1 saturated heterocycles. The molecule has 1 fully saturated rings. The molecule has 0 aliphatic carbocycles. The molecular weight excluding hydrogens is 258 g/mol. The second-order valence-electron chi connectivity index (χ2n) is 4.43. The molecule has 1 heterocycles. The zero-order chi connectivity index (χ0) is 14.4. The minimum absolute atomic E-state index is 0.428. The van der Waals surface area contributed by atoms with Crippen LogP contribution in [0, 0.1) is 0 Å². The first-order valence-corrected chi connectivity index (χ1v) is 6.73. The van der Waals surface area contributed by atoms with Crippen molar-refractivity contribution in [3.8, 4) is 0 Å². The zero-order valence-electron chi connectivity index (χ0n) is 11.5. The van der Waals surface area contributed by atoms with Crippen LogP contribution in [0.15, 0.2) is 24.3 Å². The molecule has 1 aliphatic rings. The molecule has 6 heteroatoms. The van der Waals surface area contributed by atoms with Gasteiger partial charge in [-0.3, -0.25) is 9.59 Å². The second kappa shape index (κ2) is 6.91. The number of para-hydroxylation sites is 2. The van der Waals surface area contributed by atoms with Crippen molar-refractivity contribution in [1.82, 2.24) is 5.32 Å². The van der Waals surface area contributed by atoms with Gasteiger partial charge in [0.25, 0.3) is 0 Å². The van der Waals surface area contributed by atoms with Crippen LogP contribution in [0.4, 0.5) is 11.4 Å². The van der Waals surface area contributed by atoms with Gasteiger partial charge in [0.2, 0.25) is 0 Å². The molecule has 6 nitrogen and oxygen atoms in total. The van der Waals surface area contributed by atoms with E-state index in [2.05, 4.69) is 15.5 Å². The van der Waals surface area contributed by atoms with Crippen LogP contribution in [0.2, 0.25) is 0 Å². The van der Waals surface area contributed by atoms with Crippen LogP contribution in [0.1, 0.15) is 6.92 Å². The predicted molar refractivity (Wildman–Crippen MR) is 76.8 cm³/mol. The van der Waals surface area contributed by atoms with E-state index in [-0.39, 0.29) is 0 Å². The number of hydrogen-bond donors (Lipinski definition) is 2. The molecule has 0 bridgehead atoms. The number of rotatable bonds is 3. The molecule has 0 atom stereocenters. The van der Waals surface area contributed by atoms with E-state index < -0.39 is 11.8 Å². The van der Waals surface area contributed by atoms with Gasteiger partial charge in [-0.1, -0.05) is 12.1 Å². The van der Waals surface area contributed by atoms with Gasteiger partial charge in [-0.15, -0.1) is 0 Å². The van der Waals surface area contributed by atoms with Crippen molar-refractivity contribution in [1.29, 1.82) is 0 Å². The maximum Gasteiger partial charge on any atom is 0.313 e. The first-order chi connectivity index (χ1) is 9.72. The Morgan fingerprint density at radius 3 is 2.60 bits per heavy atom. The normalized spacial score (nSPS) is 14.8. The number of hydrogen-bond acceptors (Lipinski definition) is 4. The summed E-state index contributed by atoms with van der Waals surface area (Å²) in [6, 6.07) is 7.46. The smallest absolute Gasteiger partial charge is 0.313 e. The molecule has 1 aromatic rings. The first-order valence-electron chi connectivity index (χ1n) is 6.73. The third kappa shape index (κ3) is 3.48. The molecule has 108 valence electrons.